The number of benzene rings is 1. The molecule has 0 saturated heterocycles. The summed E-state index contributed by atoms with van der Waals surface area (Å²) in [6.07, 6.45) is 0.722. The van der Waals surface area contributed by atoms with E-state index in [9.17, 15) is 9.59 Å². The number of alkyl halides is 1. The molecular weight excluding hydrogens is 388 g/mol. The number of rotatable bonds is 8. The molecule has 2 N–H and O–H groups in total. The largest absolute Gasteiger partial charge is 0.497 e. The fraction of sp³-hybridized carbons (Fsp3) is 0.444. The molecule has 0 aliphatic rings. The first-order valence-corrected chi connectivity index (χ1v) is 9.84. The molecule has 1 heterocycles. The third kappa shape index (κ3) is 5.64. The minimum atomic E-state index is -0.717. The van der Waals surface area contributed by atoms with Crippen LogP contribution >= 0.6 is 22.9 Å². The number of carbonyl (C=O) groups excluding carboxylic acids is 2. The summed E-state index contributed by atoms with van der Waals surface area (Å²) >= 11 is 7.05. The molecule has 0 bridgehead atoms. The SMILES string of the molecule is CCC(C)C(NC(=O)C(C)Cl)C(=O)Nc1nnc(-c2cccc(OC)c2)s1. The van der Waals surface area contributed by atoms with Crippen molar-refractivity contribution in [3.05, 3.63) is 24.3 Å². The van der Waals surface area contributed by atoms with Gasteiger partial charge in [0.1, 0.15) is 22.2 Å². The van der Waals surface area contributed by atoms with E-state index in [1.807, 2.05) is 38.1 Å². The Hall–Kier alpha value is -2.19. The van der Waals surface area contributed by atoms with Crippen molar-refractivity contribution in [2.75, 3.05) is 12.4 Å². The van der Waals surface area contributed by atoms with Gasteiger partial charge in [-0.2, -0.15) is 0 Å². The summed E-state index contributed by atoms with van der Waals surface area (Å²) in [5, 5.41) is 13.9. The van der Waals surface area contributed by atoms with Crippen molar-refractivity contribution in [3.63, 3.8) is 0 Å². The van der Waals surface area contributed by atoms with Crippen LogP contribution in [0.1, 0.15) is 27.2 Å². The molecule has 9 heteroatoms. The van der Waals surface area contributed by atoms with Crippen molar-refractivity contribution in [1.82, 2.24) is 15.5 Å². The van der Waals surface area contributed by atoms with Crippen molar-refractivity contribution < 1.29 is 14.3 Å². The molecule has 1 aromatic carbocycles. The van der Waals surface area contributed by atoms with Gasteiger partial charge in [-0.15, -0.1) is 21.8 Å². The van der Waals surface area contributed by atoms with Gasteiger partial charge >= 0.3 is 0 Å². The quantitative estimate of drug-likeness (QED) is 0.651. The molecule has 2 amide bonds. The molecule has 3 unspecified atom stereocenters. The third-order valence-corrected chi connectivity index (χ3v) is 5.21. The summed E-state index contributed by atoms with van der Waals surface area (Å²) in [7, 11) is 1.59. The van der Waals surface area contributed by atoms with E-state index in [1.165, 1.54) is 11.3 Å². The minimum Gasteiger partial charge on any atom is -0.497 e. The number of nitrogens with zero attached hydrogens (tertiary/aromatic N) is 2. The number of amides is 2. The van der Waals surface area contributed by atoms with Gasteiger partial charge in [0.05, 0.1) is 7.11 Å². The Kier molecular flexibility index (Phi) is 7.55. The zero-order valence-electron chi connectivity index (χ0n) is 15.7. The Balaban J connectivity index is 2.13. The number of ether oxygens (including phenoxy) is 1. The number of halogens is 1. The van der Waals surface area contributed by atoms with Gasteiger partial charge < -0.3 is 10.1 Å². The minimum absolute atomic E-state index is 0.0601. The fourth-order valence-corrected chi connectivity index (χ4v) is 3.11. The van der Waals surface area contributed by atoms with E-state index in [1.54, 1.807) is 14.0 Å². The van der Waals surface area contributed by atoms with E-state index in [2.05, 4.69) is 20.8 Å². The first kappa shape index (κ1) is 21.1. The van der Waals surface area contributed by atoms with Gasteiger partial charge in [0, 0.05) is 5.56 Å². The van der Waals surface area contributed by atoms with Crippen molar-refractivity contribution >= 4 is 39.9 Å². The Morgan fingerprint density at radius 1 is 1.26 bits per heavy atom. The molecule has 1 aromatic heterocycles. The molecule has 0 aliphatic heterocycles. The maximum Gasteiger partial charge on any atom is 0.249 e. The number of carbonyl (C=O) groups is 2. The summed E-state index contributed by atoms with van der Waals surface area (Å²) in [4.78, 5) is 24.6. The number of anilines is 1. The third-order valence-electron chi connectivity index (χ3n) is 4.13. The molecule has 0 radical (unpaired) electrons. The average Bonchev–Trinajstić information content (AvgIpc) is 3.13. The number of hydrogen-bond acceptors (Lipinski definition) is 6. The number of hydrogen-bond donors (Lipinski definition) is 2. The van der Waals surface area contributed by atoms with E-state index in [-0.39, 0.29) is 17.7 Å². The summed E-state index contributed by atoms with van der Waals surface area (Å²) in [6, 6.07) is 6.72. The lowest BCUT2D eigenvalue weighted by Gasteiger charge is -2.23. The van der Waals surface area contributed by atoms with Gasteiger partial charge in [-0.05, 0) is 25.0 Å². The highest BCUT2D eigenvalue weighted by Gasteiger charge is 2.28. The summed E-state index contributed by atoms with van der Waals surface area (Å²) in [6.45, 7) is 5.41. The average molecular weight is 411 g/mol. The van der Waals surface area contributed by atoms with Crippen LogP contribution < -0.4 is 15.4 Å². The lowest BCUT2D eigenvalue weighted by Crippen LogP contribution is -2.49. The molecule has 0 aliphatic carbocycles. The van der Waals surface area contributed by atoms with Crippen LogP contribution in [0.2, 0.25) is 0 Å². The molecule has 7 nitrogen and oxygen atoms in total. The van der Waals surface area contributed by atoms with Crippen molar-refractivity contribution in [2.24, 2.45) is 5.92 Å². The lowest BCUT2D eigenvalue weighted by atomic mass is 9.98. The molecule has 146 valence electrons. The topological polar surface area (TPSA) is 93.2 Å². The van der Waals surface area contributed by atoms with Crippen LogP contribution in [0.4, 0.5) is 5.13 Å². The van der Waals surface area contributed by atoms with Gasteiger partial charge in [0.25, 0.3) is 0 Å². The molecule has 2 aromatic rings. The fourth-order valence-electron chi connectivity index (χ4n) is 2.30. The number of nitrogens with one attached hydrogen (secondary N) is 2. The molecule has 0 fully saturated rings. The van der Waals surface area contributed by atoms with Crippen LogP contribution in [0.25, 0.3) is 10.6 Å². The molecule has 0 spiro atoms. The van der Waals surface area contributed by atoms with Crippen molar-refractivity contribution in [2.45, 2.75) is 38.6 Å². The van der Waals surface area contributed by atoms with Crippen LogP contribution in [-0.4, -0.2) is 40.5 Å². The first-order valence-electron chi connectivity index (χ1n) is 8.59. The monoisotopic (exact) mass is 410 g/mol. The summed E-state index contributed by atoms with van der Waals surface area (Å²) in [5.74, 6) is -0.0759. The Bertz CT molecular complexity index is 796. The van der Waals surface area contributed by atoms with Gasteiger partial charge in [-0.3, -0.25) is 14.9 Å². The standard InChI is InChI=1S/C18H23ClN4O3S/c1-5-10(2)14(20-15(24)11(3)19)16(25)21-18-23-22-17(27-18)12-7-6-8-13(9-12)26-4/h6-11,14H,5H2,1-4H3,(H,20,24)(H,21,23,25). The van der Waals surface area contributed by atoms with Gasteiger partial charge in [-0.25, -0.2) is 0 Å². The highest BCUT2D eigenvalue weighted by molar-refractivity contribution is 7.18. The predicted octanol–water partition coefficient (Wildman–Crippen LogP) is 3.31. The van der Waals surface area contributed by atoms with E-state index in [0.29, 0.717) is 15.9 Å². The van der Waals surface area contributed by atoms with Crippen LogP contribution in [-0.2, 0) is 9.59 Å². The normalized spacial score (nSPS) is 14.1. The number of aromatic nitrogens is 2. The highest BCUT2D eigenvalue weighted by Crippen LogP contribution is 2.29. The van der Waals surface area contributed by atoms with Gasteiger partial charge in [-0.1, -0.05) is 43.7 Å². The lowest BCUT2D eigenvalue weighted by molar-refractivity contribution is -0.127. The molecule has 27 heavy (non-hydrogen) atoms. The zero-order valence-corrected chi connectivity index (χ0v) is 17.2. The highest BCUT2D eigenvalue weighted by atomic mass is 35.5. The molecular formula is C18H23ClN4O3S. The van der Waals surface area contributed by atoms with Crippen LogP contribution in [0.5, 0.6) is 5.75 Å². The molecule has 0 saturated carbocycles. The van der Waals surface area contributed by atoms with Gasteiger partial charge in [0.2, 0.25) is 16.9 Å². The maximum absolute atomic E-state index is 12.7. The second-order valence-corrected chi connectivity index (χ2v) is 7.75. The smallest absolute Gasteiger partial charge is 0.249 e. The van der Waals surface area contributed by atoms with Crippen LogP contribution in [0, 0.1) is 5.92 Å². The zero-order chi connectivity index (χ0) is 20.0. The Morgan fingerprint density at radius 2 is 2.00 bits per heavy atom. The van der Waals surface area contributed by atoms with Crippen molar-refractivity contribution in [3.8, 4) is 16.3 Å². The summed E-state index contributed by atoms with van der Waals surface area (Å²) in [5.41, 5.74) is 0.843. The predicted molar refractivity (Wildman–Crippen MR) is 107 cm³/mol. The van der Waals surface area contributed by atoms with Gasteiger partial charge in [0.15, 0.2) is 0 Å². The van der Waals surface area contributed by atoms with E-state index in [4.69, 9.17) is 16.3 Å². The van der Waals surface area contributed by atoms with E-state index >= 15 is 0 Å². The first-order chi connectivity index (χ1) is 12.8. The Labute approximate surface area is 167 Å². The van der Waals surface area contributed by atoms with Crippen molar-refractivity contribution in [1.29, 1.82) is 0 Å². The summed E-state index contributed by atoms with van der Waals surface area (Å²) < 4.78 is 5.21. The second-order valence-electron chi connectivity index (χ2n) is 6.12. The molecule has 3 atom stereocenters. The van der Waals surface area contributed by atoms with E-state index in [0.717, 1.165) is 12.0 Å². The maximum atomic E-state index is 12.7. The van der Waals surface area contributed by atoms with E-state index < -0.39 is 11.4 Å². The van der Waals surface area contributed by atoms with Crippen LogP contribution in [0.15, 0.2) is 24.3 Å². The second kappa shape index (κ2) is 9.66. The number of methoxy groups -OCH3 is 1. The Morgan fingerprint density at radius 3 is 2.63 bits per heavy atom. The van der Waals surface area contributed by atoms with Crippen LogP contribution in [0.3, 0.4) is 0 Å². The molecule has 2 rings (SSSR count).